The molecule has 1 unspecified atom stereocenters. The van der Waals surface area contributed by atoms with Crippen molar-refractivity contribution in [3.05, 3.63) is 0 Å². The Morgan fingerprint density at radius 3 is 2.84 bits per heavy atom. The minimum absolute atomic E-state index is 0.427. The van der Waals surface area contributed by atoms with Crippen molar-refractivity contribution in [3.63, 3.8) is 0 Å². The number of likely N-dealkylation sites (tertiary alicyclic amines) is 1. The highest BCUT2D eigenvalue weighted by molar-refractivity contribution is 4.89. The molecular weight excluding hydrogens is 240 g/mol. The molecule has 4 nitrogen and oxygen atoms in total. The van der Waals surface area contributed by atoms with E-state index in [-0.39, 0.29) is 0 Å². The van der Waals surface area contributed by atoms with Crippen molar-refractivity contribution in [3.8, 4) is 0 Å². The standard InChI is InChI=1S/C15H30N2O2/c1-3-16-12-15(5-8-19-9-6-15)13-17-7-4-14(10-17)11-18-2/h14,16H,3-13H2,1-2H3. The zero-order valence-corrected chi connectivity index (χ0v) is 12.6. The topological polar surface area (TPSA) is 33.7 Å². The lowest BCUT2D eigenvalue weighted by molar-refractivity contribution is -0.00168. The summed E-state index contributed by atoms with van der Waals surface area (Å²) in [6.07, 6.45) is 3.69. The van der Waals surface area contributed by atoms with Crippen molar-refractivity contribution in [2.75, 3.05) is 59.7 Å². The van der Waals surface area contributed by atoms with Crippen LogP contribution in [0.1, 0.15) is 26.2 Å². The average Bonchev–Trinajstić information content (AvgIpc) is 2.85. The van der Waals surface area contributed by atoms with Gasteiger partial charge in [-0.2, -0.15) is 0 Å². The molecule has 0 saturated carbocycles. The molecule has 112 valence electrons. The fraction of sp³-hybridized carbons (Fsp3) is 1.00. The number of hydrogen-bond acceptors (Lipinski definition) is 4. The van der Waals surface area contributed by atoms with Crippen LogP contribution in [0.5, 0.6) is 0 Å². The summed E-state index contributed by atoms with van der Waals surface area (Å²) >= 11 is 0. The normalized spacial score (nSPS) is 27.8. The number of methoxy groups -OCH3 is 1. The Hall–Kier alpha value is -0.160. The molecular formula is C15H30N2O2. The Balaban J connectivity index is 1.85. The predicted molar refractivity (Wildman–Crippen MR) is 77.5 cm³/mol. The molecule has 2 saturated heterocycles. The summed E-state index contributed by atoms with van der Waals surface area (Å²) in [5.74, 6) is 0.737. The molecule has 0 amide bonds. The Kier molecular flexibility index (Phi) is 6.07. The summed E-state index contributed by atoms with van der Waals surface area (Å²) in [7, 11) is 1.81. The van der Waals surface area contributed by atoms with Gasteiger partial charge in [0.2, 0.25) is 0 Å². The van der Waals surface area contributed by atoms with Gasteiger partial charge in [-0.05, 0) is 43.7 Å². The molecule has 0 spiro atoms. The van der Waals surface area contributed by atoms with Crippen LogP contribution in [-0.2, 0) is 9.47 Å². The Labute approximate surface area is 117 Å². The molecule has 2 fully saturated rings. The van der Waals surface area contributed by atoms with Crippen LogP contribution < -0.4 is 5.32 Å². The van der Waals surface area contributed by atoms with E-state index in [9.17, 15) is 0 Å². The Bertz CT molecular complexity index is 255. The van der Waals surface area contributed by atoms with Crippen molar-refractivity contribution < 1.29 is 9.47 Å². The third kappa shape index (κ3) is 4.42. The third-order valence-electron chi connectivity index (χ3n) is 4.63. The van der Waals surface area contributed by atoms with Gasteiger partial charge in [0.05, 0.1) is 6.61 Å². The molecule has 0 bridgehead atoms. The van der Waals surface area contributed by atoms with Gasteiger partial charge in [0.15, 0.2) is 0 Å². The van der Waals surface area contributed by atoms with E-state index in [4.69, 9.17) is 9.47 Å². The molecule has 2 rings (SSSR count). The van der Waals surface area contributed by atoms with Gasteiger partial charge in [-0.3, -0.25) is 0 Å². The maximum absolute atomic E-state index is 5.56. The van der Waals surface area contributed by atoms with E-state index in [1.54, 1.807) is 0 Å². The van der Waals surface area contributed by atoms with Crippen molar-refractivity contribution in [2.45, 2.75) is 26.2 Å². The maximum atomic E-state index is 5.56. The van der Waals surface area contributed by atoms with Crippen LogP contribution in [0.2, 0.25) is 0 Å². The van der Waals surface area contributed by atoms with E-state index >= 15 is 0 Å². The molecule has 4 heteroatoms. The van der Waals surface area contributed by atoms with E-state index in [0.29, 0.717) is 5.41 Å². The quantitative estimate of drug-likeness (QED) is 0.757. The van der Waals surface area contributed by atoms with Crippen LogP contribution in [0, 0.1) is 11.3 Å². The lowest BCUT2D eigenvalue weighted by atomic mass is 9.79. The van der Waals surface area contributed by atoms with E-state index in [2.05, 4.69) is 17.1 Å². The van der Waals surface area contributed by atoms with Crippen molar-refractivity contribution in [1.29, 1.82) is 0 Å². The first-order valence-electron chi connectivity index (χ1n) is 7.78. The fourth-order valence-corrected chi connectivity index (χ4v) is 3.49. The summed E-state index contributed by atoms with van der Waals surface area (Å²) < 4.78 is 10.9. The van der Waals surface area contributed by atoms with Crippen molar-refractivity contribution in [2.24, 2.45) is 11.3 Å². The molecule has 0 aromatic rings. The molecule has 2 aliphatic rings. The van der Waals surface area contributed by atoms with Crippen LogP contribution in [0.25, 0.3) is 0 Å². The molecule has 1 atom stereocenters. The second-order valence-electron chi connectivity index (χ2n) is 6.24. The first-order chi connectivity index (χ1) is 9.28. The van der Waals surface area contributed by atoms with Crippen LogP contribution in [0.15, 0.2) is 0 Å². The Morgan fingerprint density at radius 1 is 1.37 bits per heavy atom. The SMILES string of the molecule is CCNCC1(CN2CCC(COC)C2)CCOCC1. The molecule has 1 N–H and O–H groups in total. The molecule has 2 heterocycles. The summed E-state index contributed by atoms with van der Waals surface area (Å²) in [5, 5.41) is 3.56. The van der Waals surface area contributed by atoms with Gasteiger partial charge in [-0.1, -0.05) is 6.92 Å². The molecule has 2 aliphatic heterocycles. The number of nitrogens with one attached hydrogen (secondary N) is 1. The van der Waals surface area contributed by atoms with E-state index in [1.165, 1.54) is 38.9 Å². The number of ether oxygens (including phenoxy) is 2. The van der Waals surface area contributed by atoms with Gasteiger partial charge in [0.25, 0.3) is 0 Å². The van der Waals surface area contributed by atoms with Gasteiger partial charge in [0.1, 0.15) is 0 Å². The smallest absolute Gasteiger partial charge is 0.0503 e. The van der Waals surface area contributed by atoms with Gasteiger partial charge < -0.3 is 19.7 Å². The zero-order chi connectivity index (χ0) is 13.6. The molecule has 0 aliphatic carbocycles. The number of nitrogens with zero attached hydrogens (tertiary/aromatic N) is 1. The van der Waals surface area contributed by atoms with Crippen LogP contribution in [0.3, 0.4) is 0 Å². The highest BCUT2D eigenvalue weighted by Crippen LogP contribution is 2.32. The van der Waals surface area contributed by atoms with Gasteiger partial charge in [-0.25, -0.2) is 0 Å². The second kappa shape index (κ2) is 7.58. The lowest BCUT2D eigenvalue weighted by Crippen LogP contribution is -2.47. The highest BCUT2D eigenvalue weighted by atomic mass is 16.5. The largest absolute Gasteiger partial charge is 0.384 e. The van der Waals surface area contributed by atoms with E-state index < -0.39 is 0 Å². The second-order valence-corrected chi connectivity index (χ2v) is 6.24. The predicted octanol–water partition coefficient (Wildman–Crippen LogP) is 1.36. The lowest BCUT2D eigenvalue weighted by Gasteiger charge is -2.40. The summed E-state index contributed by atoms with van der Waals surface area (Å²) in [5.41, 5.74) is 0.427. The minimum atomic E-state index is 0.427. The molecule has 0 radical (unpaired) electrons. The molecule has 0 aromatic carbocycles. The monoisotopic (exact) mass is 270 g/mol. The van der Waals surface area contributed by atoms with Gasteiger partial charge in [0, 0.05) is 40.0 Å². The van der Waals surface area contributed by atoms with Crippen LogP contribution in [0.4, 0.5) is 0 Å². The van der Waals surface area contributed by atoms with E-state index in [0.717, 1.165) is 38.8 Å². The Morgan fingerprint density at radius 2 is 2.16 bits per heavy atom. The highest BCUT2D eigenvalue weighted by Gasteiger charge is 2.36. The molecule has 0 aromatic heterocycles. The summed E-state index contributed by atoms with van der Waals surface area (Å²) in [6.45, 7) is 10.8. The zero-order valence-electron chi connectivity index (χ0n) is 12.6. The van der Waals surface area contributed by atoms with Crippen molar-refractivity contribution >= 4 is 0 Å². The molecule has 19 heavy (non-hydrogen) atoms. The first kappa shape index (κ1) is 15.2. The summed E-state index contributed by atoms with van der Waals surface area (Å²) in [4.78, 5) is 2.65. The number of rotatable bonds is 7. The van der Waals surface area contributed by atoms with Crippen LogP contribution >= 0.6 is 0 Å². The van der Waals surface area contributed by atoms with Crippen molar-refractivity contribution in [1.82, 2.24) is 10.2 Å². The van der Waals surface area contributed by atoms with Gasteiger partial charge in [-0.15, -0.1) is 0 Å². The summed E-state index contributed by atoms with van der Waals surface area (Å²) in [6, 6.07) is 0. The van der Waals surface area contributed by atoms with Crippen LogP contribution in [-0.4, -0.2) is 64.6 Å². The maximum Gasteiger partial charge on any atom is 0.0503 e. The average molecular weight is 270 g/mol. The first-order valence-corrected chi connectivity index (χ1v) is 7.78. The van der Waals surface area contributed by atoms with E-state index in [1.807, 2.05) is 7.11 Å². The minimum Gasteiger partial charge on any atom is -0.384 e. The fourth-order valence-electron chi connectivity index (χ4n) is 3.49. The third-order valence-corrected chi connectivity index (χ3v) is 4.63. The number of hydrogen-bond donors (Lipinski definition) is 1. The van der Waals surface area contributed by atoms with Gasteiger partial charge >= 0.3 is 0 Å².